The standard InChI is InChI=1S/C18H36N2O4S2/c1-7-21-11-12-23-9-3-20-4-10-24-14-13-22-8-2-19(1)5-15-25-17-18-26-16-6-20/h1-18H2. The minimum absolute atomic E-state index is 0.679. The monoisotopic (exact) mass is 408 g/mol. The summed E-state index contributed by atoms with van der Waals surface area (Å²) in [5.74, 6) is 4.83. The molecule has 3 aliphatic rings. The van der Waals surface area contributed by atoms with Crippen LogP contribution in [-0.4, -0.2) is 125 Å². The molecule has 26 heavy (non-hydrogen) atoms. The lowest BCUT2D eigenvalue weighted by atomic mass is 10.4. The molecule has 3 saturated heterocycles. The highest BCUT2D eigenvalue weighted by Gasteiger charge is 2.08. The van der Waals surface area contributed by atoms with Gasteiger partial charge in [0.05, 0.1) is 52.9 Å². The van der Waals surface area contributed by atoms with Gasteiger partial charge in [-0.1, -0.05) is 0 Å². The van der Waals surface area contributed by atoms with Crippen molar-refractivity contribution in [2.45, 2.75) is 0 Å². The first-order valence-electron chi connectivity index (χ1n) is 9.86. The summed E-state index contributed by atoms with van der Waals surface area (Å²) in [6, 6.07) is 0. The van der Waals surface area contributed by atoms with Crippen molar-refractivity contribution in [3.05, 3.63) is 0 Å². The first-order valence-corrected chi connectivity index (χ1v) is 12.2. The molecule has 0 atom stereocenters. The Morgan fingerprint density at radius 3 is 1.08 bits per heavy atom. The fourth-order valence-corrected chi connectivity index (χ4v) is 4.92. The van der Waals surface area contributed by atoms with E-state index in [0.29, 0.717) is 26.4 Å². The highest BCUT2D eigenvalue weighted by molar-refractivity contribution is 8.02. The minimum atomic E-state index is 0.679. The van der Waals surface area contributed by atoms with Crippen molar-refractivity contribution >= 4 is 23.5 Å². The largest absolute Gasteiger partial charge is 0.378 e. The average Bonchev–Trinajstić information content (AvgIpc) is 2.65. The zero-order chi connectivity index (χ0) is 18.1. The summed E-state index contributed by atoms with van der Waals surface area (Å²) in [7, 11) is 0. The van der Waals surface area contributed by atoms with Gasteiger partial charge in [-0.05, 0) is 0 Å². The van der Waals surface area contributed by atoms with Crippen LogP contribution in [0.5, 0.6) is 0 Å². The lowest BCUT2D eigenvalue weighted by Gasteiger charge is -2.24. The van der Waals surface area contributed by atoms with Crippen LogP contribution < -0.4 is 0 Å². The van der Waals surface area contributed by atoms with E-state index in [0.717, 1.165) is 65.7 Å². The van der Waals surface area contributed by atoms with Crippen LogP contribution in [0.25, 0.3) is 0 Å². The van der Waals surface area contributed by atoms with Crippen LogP contribution in [0.15, 0.2) is 0 Å². The topological polar surface area (TPSA) is 43.4 Å². The number of thioether (sulfide) groups is 2. The average molecular weight is 409 g/mol. The number of rotatable bonds is 0. The van der Waals surface area contributed by atoms with Crippen LogP contribution in [0, 0.1) is 0 Å². The van der Waals surface area contributed by atoms with Crippen molar-refractivity contribution in [1.29, 1.82) is 0 Å². The second kappa shape index (κ2) is 16.4. The fraction of sp³-hybridized carbons (Fsp3) is 1.00. The predicted molar refractivity (Wildman–Crippen MR) is 111 cm³/mol. The van der Waals surface area contributed by atoms with Crippen LogP contribution in [0.4, 0.5) is 0 Å². The molecule has 0 aliphatic carbocycles. The molecule has 6 nitrogen and oxygen atoms in total. The molecule has 0 aromatic carbocycles. The highest BCUT2D eigenvalue weighted by atomic mass is 32.2. The van der Waals surface area contributed by atoms with Gasteiger partial charge in [0.15, 0.2) is 0 Å². The van der Waals surface area contributed by atoms with E-state index in [9.17, 15) is 0 Å². The Hall–Kier alpha value is 0.460. The molecule has 0 aromatic heterocycles. The van der Waals surface area contributed by atoms with Gasteiger partial charge in [0, 0.05) is 62.3 Å². The molecule has 3 aliphatic heterocycles. The Labute approximate surface area is 167 Å². The van der Waals surface area contributed by atoms with E-state index < -0.39 is 0 Å². The molecule has 0 radical (unpaired) electrons. The number of hydrogen-bond donors (Lipinski definition) is 0. The Bertz CT molecular complexity index is 252. The molecule has 8 heteroatoms. The van der Waals surface area contributed by atoms with E-state index in [1.54, 1.807) is 0 Å². The molecule has 154 valence electrons. The first kappa shape index (κ1) is 22.7. The number of ether oxygens (including phenoxy) is 4. The predicted octanol–water partition coefficient (Wildman–Crippen LogP) is 1.15. The van der Waals surface area contributed by atoms with Gasteiger partial charge in [0.1, 0.15) is 0 Å². The molecular formula is C18H36N2O4S2. The lowest BCUT2D eigenvalue weighted by Crippen LogP contribution is -2.35. The normalized spacial score (nSPS) is 30.5. The molecule has 3 rings (SSSR count). The van der Waals surface area contributed by atoms with Crippen molar-refractivity contribution in [3.63, 3.8) is 0 Å². The van der Waals surface area contributed by atoms with Gasteiger partial charge in [0.25, 0.3) is 0 Å². The minimum Gasteiger partial charge on any atom is -0.378 e. The summed E-state index contributed by atoms with van der Waals surface area (Å²) >= 11 is 4.13. The van der Waals surface area contributed by atoms with Crippen LogP contribution in [-0.2, 0) is 18.9 Å². The number of hydrogen-bond acceptors (Lipinski definition) is 8. The maximum absolute atomic E-state index is 5.75. The second-order valence-corrected chi connectivity index (χ2v) is 8.81. The first-order chi connectivity index (χ1) is 12.9. The van der Waals surface area contributed by atoms with Crippen LogP contribution in [0.3, 0.4) is 0 Å². The van der Waals surface area contributed by atoms with Crippen molar-refractivity contribution in [1.82, 2.24) is 9.80 Å². The summed E-state index contributed by atoms with van der Waals surface area (Å²) in [6.45, 7) is 11.8. The fourth-order valence-electron chi connectivity index (χ4n) is 2.80. The van der Waals surface area contributed by atoms with E-state index in [4.69, 9.17) is 18.9 Å². The third-order valence-corrected chi connectivity index (χ3v) is 6.61. The van der Waals surface area contributed by atoms with Gasteiger partial charge in [-0.2, -0.15) is 23.5 Å². The SMILES string of the molecule is C1COCCN2CCOCCOCCN(CCO1)CCSCCSCC2. The maximum Gasteiger partial charge on any atom is 0.0701 e. The van der Waals surface area contributed by atoms with Gasteiger partial charge in [-0.15, -0.1) is 0 Å². The summed E-state index contributed by atoms with van der Waals surface area (Å²) in [5, 5.41) is 0. The molecular weight excluding hydrogens is 372 g/mol. The number of fused-ring (bicyclic) bond motifs is 21. The quantitative estimate of drug-likeness (QED) is 0.591. The molecule has 3 fully saturated rings. The highest BCUT2D eigenvalue weighted by Crippen LogP contribution is 2.08. The second-order valence-electron chi connectivity index (χ2n) is 6.36. The Balaban J connectivity index is 1.87. The Morgan fingerprint density at radius 1 is 0.385 bits per heavy atom. The molecule has 0 N–H and O–H groups in total. The Kier molecular flexibility index (Phi) is 14.4. The van der Waals surface area contributed by atoms with E-state index in [1.807, 2.05) is 0 Å². The smallest absolute Gasteiger partial charge is 0.0701 e. The van der Waals surface area contributed by atoms with Crippen LogP contribution >= 0.6 is 23.5 Å². The third-order valence-electron chi connectivity index (χ3n) is 4.43. The zero-order valence-electron chi connectivity index (χ0n) is 16.1. The van der Waals surface area contributed by atoms with E-state index >= 15 is 0 Å². The van der Waals surface area contributed by atoms with Gasteiger partial charge < -0.3 is 18.9 Å². The van der Waals surface area contributed by atoms with Gasteiger partial charge in [-0.25, -0.2) is 0 Å². The maximum atomic E-state index is 5.75. The molecule has 0 amide bonds. The van der Waals surface area contributed by atoms with Gasteiger partial charge >= 0.3 is 0 Å². The lowest BCUT2D eigenvalue weighted by molar-refractivity contribution is 0.00950. The Morgan fingerprint density at radius 2 is 0.731 bits per heavy atom. The zero-order valence-corrected chi connectivity index (χ0v) is 17.7. The molecule has 2 bridgehead atoms. The van der Waals surface area contributed by atoms with Crippen LogP contribution in [0.2, 0.25) is 0 Å². The molecule has 0 saturated carbocycles. The van der Waals surface area contributed by atoms with Crippen molar-refractivity contribution in [2.75, 3.05) is 115 Å². The van der Waals surface area contributed by atoms with Crippen molar-refractivity contribution < 1.29 is 18.9 Å². The molecule has 0 unspecified atom stereocenters. The van der Waals surface area contributed by atoms with E-state index in [2.05, 4.69) is 33.3 Å². The van der Waals surface area contributed by atoms with Crippen LogP contribution in [0.1, 0.15) is 0 Å². The van der Waals surface area contributed by atoms with Gasteiger partial charge in [-0.3, -0.25) is 9.80 Å². The molecule has 0 aromatic rings. The van der Waals surface area contributed by atoms with Crippen molar-refractivity contribution in [3.8, 4) is 0 Å². The summed E-state index contributed by atoms with van der Waals surface area (Å²) < 4.78 is 23.0. The van der Waals surface area contributed by atoms with E-state index in [-0.39, 0.29) is 0 Å². The number of nitrogens with zero attached hydrogens (tertiary/aromatic N) is 2. The summed E-state index contributed by atoms with van der Waals surface area (Å²) in [5.41, 5.74) is 0. The van der Waals surface area contributed by atoms with Crippen molar-refractivity contribution in [2.24, 2.45) is 0 Å². The third kappa shape index (κ3) is 12.0. The molecule has 3 heterocycles. The van der Waals surface area contributed by atoms with Gasteiger partial charge in [0.2, 0.25) is 0 Å². The summed E-state index contributed by atoms with van der Waals surface area (Å²) in [4.78, 5) is 4.90. The van der Waals surface area contributed by atoms with E-state index in [1.165, 1.54) is 23.0 Å². The summed E-state index contributed by atoms with van der Waals surface area (Å²) in [6.07, 6.45) is 0. The molecule has 0 spiro atoms.